The molecule has 0 aliphatic heterocycles. The number of rotatable bonds is 7. The van der Waals surface area contributed by atoms with Gasteiger partial charge in [0.25, 0.3) is 0 Å². The van der Waals surface area contributed by atoms with Crippen LogP contribution in [-0.2, 0) is 16.6 Å². The van der Waals surface area contributed by atoms with Gasteiger partial charge in [0, 0.05) is 16.0 Å². The minimum atomic E-state index is -3.68. The van der Waals surface area contributed by atoms with Gasteiger partial charge in [-0.3, -0.25) is 0 Å². The van der Waals surface area contributed by atoms with E-state index in [1.807, 2.05) is 6.92 Å². The fourth-order valence-corrected chi connectivity index (χ4v) is 4.21. The molecule has 0 spiro atoms. The van der Waals surface area contributed by atoms with Crippen LogP contribution in [0, 0.1) is 0 Å². The van der Waals surface area contributed by atoms with E-state index in [0.717, 1.165) is 5.56 Å². The van der Waals surface area contributed by atoms with Gasteiger partial charge in [0.1, 0.15) is 0 Å². The Balaban J connectivity index is 2.17. The molecule has 0 heterocycles. The lowest BCUT2D eigenvalue weighted by Crippen LogP contribution is -2.23. The van der Waals surface area contributed by atoms with Gasteiger partial charge in [-0.05, 0) is 42.8 Å². The second-order valence-electron chi connectivity index (χ2n) is 4.85. The minimum Gasteiger partial charge on any atom is -0.493 e. The Hall–Kier alpha value is -1.28. The molecule has 2 rings (SSSR count). The molecule has 130 valence electrons. The van der Waals surface area contributed by atoms with Gasteiger partial charge in [0.05, 0.1) is 18.6 Å². The molecular weight excluding hydrogens is 418 g/mol. The smallest absolute Gasteiger partial charge is 0.240 e. The molecule has 0 aromatic heterocycles. The van der Waals surface area contributed by atoms with Gasteiger partial charge < -0.3 is 9.47 Å². The van der Waals surface area contributed by atoms with Gasteiger partial charge in [-0.25, -0.2) is 13.1 Å². The van der Waals surface area contributed by atoms with Crippen molar-refractivity contribution in [2.75, 3.05) is 13.7 Å². The standard InChI is InChI=1S/C16H17BrClNO4S/c1-3-23-15-5-4-11(6-16(15)22-2)10-19-24(20,21)14-8-12(17)7-13(18)9-14/h4-9,19H,3,10H2,1-2H3. The van der Waals surface area contributed by atoms with E-state index in [1.54, 1.807) is 24.3 Å². The molecule has 2 aromatic rings. The van der Waals surface area contributed by atoms with E-state index in [-0.39, 0.29) is 11.4 Å². The number of sulfonamides is 1. The number of ether oxygens (including phenoxy) is 2. The number of nitrogens with one attached hydrogen (secondary N) is 1. The van der Waals surface area contributed by atoms with Crippen LogP contribution in [0.2, 0.25) is 5.02 Å². The Labute approximate surface area is 155 Å². The highest BCUT2D eigenvalue weighted by atomic mass is 79.9. The average molecular weight is 435 g/mol. The van der Waals surface area contributed by atoms with Gasteiger partial charge in [0.2, 0.25) is 10.0 Å². The van der Waals surface area contributed by atoms with Crippen molar-refractivity contribution in [3.8, 4) is 11.5 Å². The van der Waals surface area contributed by atoms with Crippen molar-refractivity contribution in [2.45, 2.75) is 18.4 Å². The summed E-state index contributed by atoms with van der Waals surface area (Å²) in [6.07, 6.45) is 0. The van der Waals surface area contributed by atoms with E-state index < -0.39 is 10.0 Å². The Kier molecular flexibility index (Phi) is 6.51. The van der Waals surface area contributed by atoms with E-state index in [1.165, 1.54) is 19.2 Å². The molecule has 2 aromatic carbocycles. The molecule has 0 saturated carbocycles. The van der Waals surface area contributed by atoms with Crippen molar-refractivity contribution in [1.29, 1.82) is 0 Å². The van der Waals surface area contributed by atoms with Crippen LogP contribution >= 0.6 is 27.5 Å². The van der Waals surface area contributed by atoms with E-state index in [4.69, 9.17) is 21.1 Å². The van der Waals surface area contributed by atoms with Crippen LogP contribution in [0.4, 0.5) is 0 Å². The average Bonchev–Trinajstić information content (AvgIpc) is 2.53. The third-order valence-electron chi connectivity index (χ3n) is 3.14. The Bertz CT molecular complexity index is 807. The monoisotopic (exact) mass is 433 g/mol. The zero-order valence-corrected chi connectivity index (χ0v) is 16.3. The Morgan fingerprint density at radius 1 is 1.17 bits per heavy atom. The van der Waals surface area contributed by atoms with Crippen molar-refractivity contribution in [1.82, 2.24) is 4.72 Å². The molecule has 0 bridgehead atoms. The fraction of sp³-hybridized carbons (Fsp3) is 0.250. The van der Waals surface area contributed by atoms with Crippen molar-refractivity contribution < 1.29 is 17.9 Å². The highest BCUT2D eigenvalue weighted by molar-refractivity contribution is 9.10. The third-order valence-corrected chi connectivity index (χ3v) is 5.20. The molecule has 0 unspecified atom stereocenters. The summed E-state index contributed by atoms with van der Waals surface area (Å²) in [7, 11) is -2.14. The number of halogens is 2. The summed E-state index contributed by atoms with van der Waals surface area (Å²) in [4.78, 5) is 0.0970. The van der Waals surface area contributed by atoms with Crippen LogP contribution in [0.25, 0.3) is 0 Å². The molecule has 0 fully saturated rings. The van der Waals surface area contributed by atoms with Gasteiger partial charge in [-0.1, -0.05) is 33.6 Å². The Morgan fingerprint density at radius 2 is 1.92 bits per heavy atom. The first-order valence-electron chi connectivity index (χ1n) is 7.11. The summed E-state index contributed by atoms with van der Waals surface area (Å²) in [6, 6.07) is 9.78. The number of benzene rings is 2. The first-order valence-corrected chi connectivity index (χ1v) is 9.76. The fourth-order valence-electron chi connectivity index (χ4n) is 2.04. The lowest BCUT2D eigenvalue weighted by Gasteiger charge is -2.12. The van der Waals surface area contributed by atoms with Crippen molar-refractivity contribution >= 4 is 37.6 Å². The van der Waals surface area contributed by atoms with Gasteiger partial charge in [-0.2, -0.15) is 0 Å². The molecule has 0 amide bonds. The molecule has 0 aliphatic carbocycles. The number of hydrogen-bond donors (Lipinski definition) is 1. The Morgan fingerprint density at radius 3 is 2.54 bits per heavy atom. The molecule has 1 N–H and O–H groups in total. The normalized spacial score (nSPS) is 11.3. The van der Waals surface area contributed by atoms with Crippen LogP contribution in [0.3, 0.4) is 0 Å². The van der Waals surface area contributed by atoms with Crippen LogP contribution in [-0.4, -0.2) is 22.1 Å². The van der Waals surface area contributed by atoms with Crippen LogP contribution in [0.15, 0.2) is 45.8 Å². The first-order chi connectivity index (χ1) is 11.4. The quantitative estimate of drug-likeness (QED) is 0.716. The SMILES string of the molecule is CCOc1ccc(CNS(=O)(=O)c2cc(Cl)cc(Br)c2)cc1OC. The summed E-state index contributed by atoms with van der Waals surface area (Å²) < 4.78 is 38.6. The van der Waals surface area contributed by atoms with Crippen molar-refractivity contribution in [3.63, 3.8) is 0 Å². The summed E-state index contributed by atoms with van der Waals surface area (Å²) in [5.74, 6) is 1.17. The summed E-state index contributed by atoms with van der Waals surface area (Å²) in [5.41, 5.74) is 0.750. The molecule has 24 heavy (non-hydrogen) atoms. The van der Waals surface area contributed by atoms with Crippen molar-refractivity contribution in [3.05, 3.63) is 51.5 Å². The van der Waals surface area contributed by atoms with Crippen LogP contribution in [0.5, 0.6) is 11.5 Å². The molecule has 0 saturated heterocycles. The molecule has 8 heteroatoms. The molecular formula is C16H17BrClNO4S. The first kappa shape index (κ1) is 19.1. The summed E-state index contributed by atoms with van der Waals surface area (Å²) in [5, 5.41) is 0.340. The zero-order chi connectivity index (χ0) is 17.7. The second kappa shape index (κ2) is 8.20. The highest BCUT2D eigenvalue weighted by Gasteiger charge is 2.16. The van der Waals surface area contributed by atoms with E-state index in [2.05, 4.69) is 20.7 Å². The summed E-state index contributed by atoms with van der Waals surface area (Å²) in [6.45, 7) is 2.52. The molecule has 5 nitrogen and oxygen atoms in total. The predicted octanol–water partition coefficient (Wildman–Crippen LogP) is 3.99. The lowest BCUT2D eigenvalue weighted by molar-refractivity contribution is 0.310. The highest BCUT2D eigenvalue weighted by Crippen LogP contribution is 2.28. The van der Waals surface area contributed by atoms with E-state index in [9.17, 15) is 8.42 Å². The topological polar surface area (TPSA) is 64.6 Å². The zero-order valence-electron chi connectivity index (χ0n) is 13.2. The molecule has 0 atom stereocenters. The van der Waals surface area contributed by atoms with E-state index in [0.29, 0.717) is 27.6 Å². The molecule has 0 radical (unpaired) electrons. The van der Waals surface area contributed by atoms with Crippen LogP contribution < -0.4 is 14.2 Å². The maximum Gasteiger partial charge on any atom is 0.240 e. The number of methoxy groups -OCH3 is 1. The lowest BCUT2D eigenvalue weighted by atomic mass is 10.2. The number of hydrogen-bond acceptors (Lipinski definition) is 4. The van der Waals surface area contributed by atoms with Gasteiger partial charge >= 0.3 is 0 Å². The maximum absolute atomic E-state index is 12.4. The predicted molar refractivity (Wildman–Crippen MR) is 97.3 cm³/mol. The largest absolute Gasteiger partial charge is 0.493 e. The summed E-state index contributed by atoms with van der Waals surface area (Å²) >= 11 is 9.14. The van der Waals surface area contributed by atoms with Crippen LogP contribution in [0.1, 0.15) is 12.5 Å². The molecule has 0 aliphatic rings. The van der Waals surface area contributed by atoms with Crippen molar-refractivity contribution in [2.24, 2.45) is 0 Å². The second-order valence-corrected chi connectivity index (χ2v) is 7.97. The van der Waals surface area contributed by atoms with Gasteiger partial charge in [-0.15, -0.1) is 0 Å². The maximum atomic E-state index is 12.4. The third kappa shape index (κ3) is 4.86. The minimum absolute atomic E-state index is 0.0970. The van der Waals surface area contributed by atoms with E-state index >= 15 is 0 Å². The van der Waals surface area contributed by atoms with Gasteiger partial charge in [0.15, 0.2) is 11.5 Å².